The van der Waals surface area contributed by atoms with Crippen LogP contribution in [0.4, 0.5) is 0 Å². The van der Waals surface area contributed by atoms with Crippen LogP contribution in [-0.4, -0.2) is 32.8 Å². The Hall–Kier alpha value is -4.26. The van der Waals surface area contributed by atoms with Crippen LogP contribution in [0.2, 0.25) is 0 Å². The first-order chi connectivity index (χ1) is 15.6. The molecule has 7 heteroatoms. The van der Waals surface area contributed by atoms with Crippen LogP contribution in [-0.2, 0) is 11.3 Å². The summed E-state index contributed by atoms with van der Waals surface area (Å²) in [6.45, 7) is 2.38. The van der Waals surface area contributed by atoms with E-state index in [4.69, 9.17) is 14.1 Å². The zero-order valence-corrected chi connectivity index (χ0v) is 17.6. The molecule has 0 saturated heterocycles. The fourth-order valence-corrected chi connectivity index (χ4v) is 3.81. The molecule has 1 aromatic carbocycles. The van der Waals surface area contributed by atoms with Gasteiger partial charge in [0.05, 0.1) is 36.6 Å². The van der Waals surface area contributed by atoms with Crippen molar-refractivity contribution in [3.05, 3.63) is 90.1 Å². The number of pyridine rings is 2. The van der Waals surface area contributed by atoms with Gasteiger partial charge >= 0.3 is 5.97 Å². The maximum absolute atomic E-state index is 12.5. The first-order valence-corrected chi connectivity index (χ1v) is 10.1. The Labute approximate surface area is 184 Å². The Kier molecular flexibility index (Phi) is 4.99. The van der Waals surface area contributed by atoms with E-state index in [0.717, 1.165) is 16.7 Å². The molecule has 0 radical (unpaired) electrons. The second-order valence-corrected chi connectivity index (χ2v) is 7.40. The topological polar surface area (TPSA) is 83.0 Å². The third-order valence-electron chi connectivity index (χ3n) is 5.36. The summed E-state index contributed by atoms with van der Waals surface area (Å²) < 4.78 is 12.3. The number of hydrogen-bond donors (Lipinski definition) is 0. The van der Waals surface area contributed by atoms with E-state index in [0.29, 0.717) is 40.3 Å². The van der Waals surface area contributed by atoms with Crippen molar-refractivity contribution in [1.82, 2.24) is 19.7 Å². The Bertz CT molecular complexity index is 1390. The van der Waals surface area contributed by atoms with Gasteiger partial charge in [-0.2, -0.15) is 5.10 Å². The highest BCUT2D eigenvalue weighted by molar-refractivity contribution is 6.04. The van der Waals surface area contributed by atoms with Crippen molar-refractivity contribution in [2.75, 3.05) is 7.11 Å². The van der Waals surface area contributed by atoms with Gasteiger partial charge < -0.3 is 9.15 Å². The normalized spacial score (nSPS) is 11.1. The predicted molar refractivity (Wildman–Crippen MR) is 120 cm³/mol. The predicted octanol–water partition coefficient (Wildman–Crippen LogP) is 4.90. The number of nitrogens with zero attached hydrogens (tertiary/aromatic N) is 4. The van der Waals surface area contributed by atoms with E-state index < -0.39 is 5.97 Å². The van der Waals surface area contributed by atoms with Crippen molar-refractivity contribution >= 4 is 17.0 Å². The second-order valence-electron chi connectivity index (χ2n) is 7.40. The molecule has 0 saturated carbocycles. The van der Waals surface area contributed by atoms with Gasteiger partial charge in [-0.05, 0) is 53.9 Å². The van der Waals surface area contributed by atoms with Crippen molar-refractivity contribution in [2.24, 2.45) is 0 Å². The molecule has 0 N–H and O–H groups in total. The number of esters is 1. The molecule has 0 unspecified atom stereocenters. The molecule has 0 aliphatic rings. The highest BCUT2D eigenvalue weighted by atomic mass is 16.5. The van der Waals surface area contributed by atoms with Crippen LogP contribution in [0.1, 0.15) is 21.6 Å². The molecule has 4 heterocycles. The Morgan fingerprint density at radius 1 is 1.06 bits per heavy atom. The molecule has 5 rings (SSSR count). The van der Waals surface area contributed by atoms with Gasteiger partial charge in [-0.3, -0.25) is 4.98 Å². The minimum atomic E-state index is -0.436. The van der Waals surface area contributed by atoms with Gasteiger partial charge in [0, 0.05) is 12.4 Å². The molecule has 158 valence electrons. The van der Waals surface area contributed by atoms with Crippen LogP contribution in [0, 0.1) is 6.92 Å². The summed E-state index contributed by atoms with van der Waals surface area (Å²) in [5.74, 6) is 0.138. The van der Waals surface area contributed by atoms with Crippen LogP contribution >= 0.6 is 0 Å². The Balaban J connectivity index is 1.57. The number of aromatic nitrogens is 4. The van der Waals surface area contributed by atoms with E-state index in [1.165, 1.54) is 7.11 Å². The number of rotatable bonds is 5. The SMILES string of the molecule is COC(=O)c1cc(-c2ccco2)nc2c1c(C)nn2Cc1ccc(-c2ccncc2)cc1. The summed E-state index contributed by atoms with van der Waals surface area (Å²) in [5, 5.41) is 5.35. The molecule has 0 atom stereocenters. The molecule has 0 aliphatic carbocycles. The molecular formula is C25H20N4O3. The van der Waals surface area contributed by atoms with E-state index >= 15 is 0 Å². The smallest absolute Gasteiger partial charge is 0.338 e. The maximum atomic E-state index is 12.5. The summed E-state index contributed by atoms with van der Waals surface area (Å²) in [6, 6.07) is 17.5. The standard InChI is InChI=1S/C25H20N4O3/c1-16-23-20(25(30)31-2)14-21(22-4-3-13-32-22)27-24(23)29(28-16)15-17-5-7-18(8-6-17)19-9-11-26-12-10-19/h3-14H,15H2,1-2H3. The van der Waals surface area contributed by atoms with Crippen LogP contribution in [0.3, 0.4) is 0 Å². The Morgan fingerprint density at radius 3 is 2.50 bits per heavy atom. The third-order valence-corrected chi connectivity index (χ3v) is 5.36. The number of hydrogen-bond acceptors (Lipinski definition) is 6. The molecule has 0 fully saturated rings. The fraction of sp³-hybridized carbons (Fsp3) is 0.120. The van der Waals surface area contributed by atoms with Gasteiger partial charge in [0.15, 0.2) is 11.4 Å². The van der Waals surface area contributed by atoms with Crippen molar-refractivity contribution < 1.29 is 13.9 Å². The molecule has 0 spiro atoms. The maximum Gasteiger partial charge on any atom is 0.338 e. The van der Waals surface area contributed by atoms with Gasteiger partial charge in [0.1, 0.15) is 5.69 Å². The molecule has 4 aromatic heterocycles. The van der Waals surface area contributed by atoms with E-state index in [1.54, 1.807) is 36.9 Å². The monoisotopic (exact) mass is 424 g/mol. The highest BCUT2D eigenvalue weighted by Crippen LogP contribution is 2.28. The van der Waals surface area contributed by atoms with Crippen LogP contribution in [0.25, 0.3) is 33.6 Å². The quantitative estimate of drug-likeness (QED) is 0.373. The largest absolute Gasteiger partial charge is 0.465 e. The van der Waals surface area contributed by atoms with Crippen LogP contribution < -0.4 is 0 Å². The van der Waals surface area contributed by atoms with Gasteiger partial charge in [-0.25, -0.2) is 14.5 Å². The number of carbonyl (C=O) groups is 1. The van der Waals surface area contributed by atoms with Crippen molar-refractivity contribution in [2.45, 2.75) is 13.5 Å². The molecule has 32 heavy (non-hydrogen) atoms. The zero-order chi connectivity index (χ0) is 22.1. The number of benzene rings is 1. The van der Waals surface area contributed by atoms with Gasteiger partial charge in [-0.15, -0.1) is 0 Å². The lowest BCUT2D eigenvalue weighted by molar-refractivity contribution is 0.0603. The van der Waals surface area contributed by atoms with E-state index in [9.17, 15) is 4.79 Å². The number of methoxy groups -OCH3 is 1. The lowest BCUT2D eigenvalue weighted by Crippen LogP contribution is -2.06. The lowest BCUT2D eigenvalue weighted by atomic mass is 10.1. The second kappa shape index (κ2) is 8.11. The molecule has 5 aromatic rings. The summed E-state index contributed by atoms with van der Waals surface area (Å²) >= 11 is 0. The van der Waals surface area contributed by atoms with Gasteiger partial charge in [0.25, 0.3) is 0 Å². The Morgan fingerprint density at radius 2 is 1.81 bits per heavy atom. The summed E-state index contributed by atoms with van der Waals surface area (Å²) in [5.41, 5.74) is 5.58. The number of furan rings is 1. The minimum Gasteiger partial charge on any atom is -0.465 e. The van der Waals surface area contributed by atoms with E-state index in [2.05, 4.69) is 34.3 Å². The summed E-state index contributed by atoms with van der Waals surface area (Å²) in [6.07, 6.45) is 5.14. The highest BCUT2D eigenvalue weighted by Gasteiger charge is 2.21. The first kappa shape index (κ1) is 19.7. The molecule has 0 amide bonds. The number of aryl methyl sites for hydroxylation is 1. The molecular weight excluding hydrogens is 404 g/mol. The number of ether oxygens (including phenoxy) is 1. The average molecular weight is 424 g/mol. The van der Waals surface area contributed by atoms with E-state index in [-0.39, 0.29) is 0 Å². The average Bonchev–Trinajstić information content (AvgIpc) is 3.48. The molecule has 0 aliphatic heterocycles. The van der Waals surface area contributed by atoms with E-state index in [1.807, 2.05) is 23.7 Å². The number of fused-ring (bicyclic) bond motifs is 1. The van der Waals surface area contributed by atoms with Crippen LogP contribution in [0.15, 0.2) is 77.7 Å². The fourth-order valence-electron chi connectivity index (χ4n) is 3.81. The van der Waals surface area contributed by atoms with Crippen molar-refractivity contribution in [3.8, 4) is 22.6 Å². The molecule has 0 bridgehead atoms. The van der Waals surface area contributed by atoms with Crippen molar-refractivity contribution in [1.29, 1.82) is 0 Å². The minimum absolute atomic E-state index is 0.417. The van der Waals surface area contributed by atoms with Gasteiger partial charge in [0.2, 0.25) is 0 Å². The summed E-state index contributed by atoms with van der Waals surface area (Å²) in [7, 11) is 1.37. The zero-order valence-electron chi connectivity index (χ0n) is 17.6. The first-order valence-electron chi connectivity index (χ1n) is 10.1. The van der Waals surface area contributed by atoms with Gasteiger partial charge in [-0.1, -0.05) is 24.3 Å². The lowest BCUT2D eigenvalue weighted by Gasteiger charge is -2.08. The summed E-state index contributed by atoms with van der Waals surface area (Å²) in [4.78, 5) is 21.4. The molecule has 7 nitrogen and oxygen atoms in total. The van der Waals surface area contributed by atoms with Crippen LogP contribution in [0.5, 0.6) is 0 Å². The van der Waals surface area contributed by atoms with Crippen molar-refractivity contribution in [3.63, 3.8) is 0 Å². The number of carbonyl (C=O) groups excluding carboxylic acids is 1. The third kappa shape index (κ3) is 3.54.